The summed E-state index contributed by atoms with van der Waals surface area (Å²) in [4.78, 5) is 23.4. The van der Waals surface area contributed by atoms with Gasteiger partial charge in [-0.2, -0.15) is 0 Å². The zero-order valence-electron chi connectivity index (χ0n) is 10.6. The van der Waals surface area contributed by atoms with Gasteiger partial charge in [0.15, 0.2) is 5.82 Å². The lowest BCUT2D eigenvalue weighted by atomic mass is 10.1. The third-order valence-corrected chi connectivity index (χ3v) is 3.79. The summed E-state index contributed by atoms with van der Waals surface area (Å²) in [5, 5.41) is 0. The molecule has 0 radical (unpaired) electrons. The molecule has 19 heavy (non-hydrogen) atoms. The molecule has 0 amide bonds. The lowest BCUT2D eigenvalue weighted by Gasteiger charge is -2.08. The zero-order valence-corrected chi connectivity index (χ0v) is 13.7. The second-order valence-electron chi connectivity index (χ2n) is 4.63. The predicted octanol–water partition coefficient (Wildman–Crippen LogP) is 3.56. The van der Waals surface area contributed by atoms with Crippen molar-refractivity contribution in [2.45, 2.75) is 20.3 Å². The normalized spacial score (nSPS) is 11.0. The second-order valence-corrected chi connectivity index (χ2v) is 6.34. The zero-order chi connectivity index (χ0) is 14.0. The second kappa shape index (κ2) is 5.96. The highest BCUT2D eigenvalue weighted by molar-refractivity contribution is 9.10. The average Bonchev–Trinajstić information content (AvgIpc) is 2.35. The topological polar surface area (TPSA) is 58.6 Å². The molecule has 2 aromatic rings. The Morgan fingerprint density at radius 3 is 2.63 bits per heavy atom. The molecular formula is C13H13Br2N3O. The highest BCUT2D eigenvalue weighted by Crippen LogP contribution is 2.19. The molecule has 6 heteroatoms. The maximum atomic E-state index is 11.9. The number of hydrogen-bond donors (Lipinski definition) is 1. The Morgan fingerprint density at radius 2 is 2.05 bits per heavy atom. The van der Waals surface area contributed by atoms with Gasteiger partial charge in [-0.15, -0.1) is 0 Å². The molecule has 0 fully saturated rings. The number of aromatic amines is 1. The van der Waals surface area contributed by atoms with Gasteiger partial charge in [0.2, 0.25) is 0 Å². The van der Waals surface area contributed by atoms with E-state index in [1.807, 2.05) is 12.1 Å². The van der Waals surface area contributed by atoms with Crippen molar-refractivity contribution in [1.29, 1.82) is 0 Å². The number of hydrogen-bond acceptors (Lipinski definition) is 3. The van der Waals surface area contributed by atoms with Crippen LogP contribution in [0.1, 0.15) is 19.5 Å². The fourth-order valence-electron chi connectivity index (χ4n) is 1.66. The first kappa shape index (κ1) is 14.4. The summed E-state index contributed by atoms with van der Waals surface area (Å²) in [6, 6.07) is 3.68. The van der Waals surface area contributed by atoms with Crippen molar-refractivity contribution in [1.82, 2.24) is 15.0 Å². The first-order chi connectivity index (χ1) is 8.97. The molecule has 0 spiro atoms. The summed E-state index contributed by atoms with van der Waals surface area (Å²) < 4.78 is 1.39. The molecule has 2 rings (SSSR count). The number of pyridine rings is 1. The molecule has 0 aliphatic rings. The first-order valence-corrected chi connectivity index (χ1v) is 7.46. The van der Waals surface area contributed by atoms with Crippen molar-refractivity contribution in [3.05, 3.63) is 43.3 Å². The van der Waals surface area contributed by atoms with Crippen molar-refractivity contribution in [2.75, 3.05) is 0 Å². The smallest absolute Gasteiger partial charge is 0.265 e. The number of rotatable bonds is 3. The van der Waals surface area contributed by atoms with E-state index in [4.69, 9.17) is 0 Å². The minimum Gasteiger partial charge on any atom is -0.304 e. The summed E-state index contributed by atoms with van der Waals surface area (Å²) in [6.45, 7) is 4.18. The minimum atomic E-state index is -0.176. The Morgan fingerprint density at radius 1 is 1.32 bits per heavy atom. The number of H-pyrrole nitrogens is 1. The Kier molecular flexibility index (Phi) is 4.52. The maximum Gasteiger partial charge on any atom is 0.265 e. The molecule has 1 N–H and O–H groups in total. The third kappa shape index (κ3) is 3.51. The molecule has 0 aromatic carbocycles. The van der Waals surface area contributed by atoms with Crippen LogP contribution in [0.3, 0.4) is 0 Å². The molecule has 0 saturated carbocycles. The van der Waals surface area contributed by atoms with Crippen molar-refractivity contribution < 1.29 is 0 Å². The van der Waals surface area contributed by atoms with E-state index in [0.717, 1.165) is 16.6 Å². The lowest BCUT2D eigenvalue weighted by Crippen LogP contribution is -2.15. The molecule has 2 heterocycles. The Bertz CT molecular complexity index is 635. The summed E-state index contributed by atoms with van der Waals surface area (Å²) in [5.74, 6) is 0.924. The van der Waals surface area contributed by atoms with Gasteiger partial charge in [-0.05, 0) is 56.3 Å². The number of nitrogens with one attached hydrogen (secondary N) is 1. The van der Waals surface area contributed by atoms with Crippen LogP contribution in [0.25, 0.3) is 11.5 Å². The number of halogens is 2. The fourth-order valence-corrected chi connectivity index (χ4v) is 2.25. The van der Waals surface area contributed by atoms with Gasteiger partial charge in [0.1, 0.15) is 10.2 Å². The van der Waals surface area contributed by atoms with Gasteiger partial charge < -0.3 is 4.98 Å². The van der Waals surface area contributed by atoms with Crippen molar-refractivity contribution in [3.8, 4) is 11.5 Å². The summed E-state index contributed by atoms with van der Waals surface area (Å²) in [6.07, 6.45) is 2.42. The van der Waals surface area contributed by atoms with Crippen LogP contribution in [-0.2, 0) is 6.42 Å². The van der Waals surface area contributed by atoms with E-state index >= 15 is 0 Å². The molecule has 0 aliphatic carbocycles. The van der Waals surface area contributed by atoms with Crippen LogP contribution < -0.4 is 5.56 Å². The largest absolute Gasteiger partial charge is 0.304 e. The maximum absolute atomic E-state index is 11.9. The SMILES string of the molecule is CC(C)Cc1nc(-c2ccc(Br)cn2)[nH]c(=O)c1Br. The van der Waals surface area contributed by atoms with E-state index < -0.39 is 0 Å². The van der Waals surface area contributed by atoms with E-state index in [1.165, 1.54) is 0 Å². The van der Waals surface area contributed by atoms with Gasteiger partial charge in [-0.3, -0.25) is 9.78 Å². The first-order valence-electron chi connectivity index (χ1n) is 5.88. The average molecular weight is 387 g/mol. The van der Waals surface area contributed by atoms with Crippen LogP contribution in [0.5, 0.6) is 0 Å². The van der Waals surface area contributed by atoms with Crippen molar-refractivity contribution in [2.24, 2.45) is 5.92 Å². The van der Waals surface area contributed by atoms with Crippen LogP contribution in [-0.4, -0.2) is 15.0 Å². The highest BCUT2D eigenvalue weighted by Gasteiger charge is 2.12. The monoisotopic (exact) mass is 385 g/mol. The van der Waals surface area contributed by atoms with Crippen LogP contribution in [0.4, 0.5) is 0 Å². The molecule has 100 valence electrons. The molecule has 0 atom stereocenters. The predicted molar refractivity (Wildman–Crippen MR) is 82.0 cm³/mol. The van der Waals surface area contributed by atoms with Gasteiger partial charge in [-0.1, -0.05) is 13.8 Å². The van der Waals surface area contributed by atoms with Crippen molar-refractivity contribution in [3.63, 3.8) is 0 Å². The van der Waals surface area contributed by atoms with Gasteiger partial charge in [0, 0.05) is 10.7 Å². The minimum absolute atomic E-state index is 0.176. The van der Waals surface area contributed by atoms with E-state index in [1.54, 1.807) is 6.20 Å². The summed E-state index contributed by atoms with van der Waals surface area (Å²) >= 11 is 6.62. The molecular weight excluding hydrogens is 374 g/mol. The standard InChI is InChI=1S/C13H13Br2N3O/c1-7(2)5-10-11(15)13(19)18-12(17-10)9-4-3-8(14)6-16-9/h3-4,6-7H,5H2,1-2H3,(H,17,18,19). The molecule has 0 bridgehead atoms. The van der Waals surface area contributed by atoms with E-state index in [2.05, 4.69) is 60.7 Å². The fraction of sp³-hybridized carbons (Fsp3) is 0.308. The van der Waals surface area contributed by atoms with Crippen LogP contribution in [0.2, 0.25) is 0 Å². The third-order valence-electron chi connectivity index (χ3n) is 2.50. The van der Waals surface area contributed by atoms with Gasteiger partial charge >= 0.3 is 0 Å². The van der Waals surface area contributed by atoms with Gasteiger partial charge in [0.05, 0.1) is 5.69 Å². The van der Waals surface area contributed by atoms with Gasteiger partial charge in [0.25, 0.3) is 5.56 Å². The molecule has 0 saturated heterocycles. The number of aromatic nitrogens is 3. The molecule has 0 unspecified atom stereocenters. The van der Waals surface area contributed by atoms with E-state index in [-0.39, 0.29) is 5.56 Å². The van der Waals surface area contributed by atoms with Crippen LogP contribution >= 0.6 is 31.9 Å². The Labute approximate surface area is 128 Å². The van der Waals surface area contributed by atoms with E-state index in [9.17, 15) is 4.79 Å². The van der Waals surface area contributed by atoms with E-state index in [0.29, 0.717) is 21.9 Å². The lowest BCUT2D eigenvalue weighted by molar-refractivity contribution is 0.631. The molecule has 0 aliphatic heterocycles. The van der Waals surface area contributed by atoms with Crippen LogP contribution in [0.15, 0.2) is 32.1 Å². The quantitative estimate of drug-likeness (QED) is 0.877. The van der Waals surface area contributed by atoms with Crippen LogP contribution in [0, 0.1) is 5.92 Å². The summed E-state index contributed by atoms with van der Waals surface area (Å²) in [7, 11) is 0. The highest BCUT2D eigenvalue weighted by atomic mass is 79.9. The van der Waals surface area contributed by atoms with Crippen molar-refractivity contribution >= 4 is 31.9 Å². The summed E-state index contributed by atoms with van der Waals surface area (Å²) in [5.41, 5.74) is 1.24. The molecule has 4 nitrogen and oxygen atoms in total. The molecule has 2 aromatic heterocycles. The van der Waals surface area contributed by atoms with Gasteiger partial charge in [-0.25, -0.2) is 4.98 Å². The Hall–Kier alpha value is -1.01. The Balaban J connectivity index is 2.50. The number of nitrogens with zero attached hydrogens (tertiary/aromatic N) is 2.